The van der Waals surface area contributed by atoms with Gasteiger partial charge in [-0.15, -0.1) is 0 Å². The second-order valence-electron chi connectivity index (χ2n) is 10.4. The molecule has 0 radical (unpaired) electrons. The molecular weight excluding hydrogens is 432 g/mol. The highest BCUT2D eigenvalue weighted by molar-refractivity contribution is 6.19. The summed E-state index contributed by atoms with van der Waals surface area (Å²) < 4.78 is 0. The third-order valence-corrected chi connectivity index (χ3v) is 7.68. The Morgan fingerprint density at radius 3 is 1.81 bits per heavy atom. The molecule has 0 saturated carbocycles. The van der Waals surface area contributed by atoms with Gasteiger partial charge in [-0.25, -0.2) is 0 Å². The number of rotatable bonds is 6. The van der Waals surface area contributed by atoms with Crippen LogP contribution < -0.4 is 0 Å². The zero-order valence-corrected chi connectivity index (χ0v) is 22.2. The SMILES string of the molecule is CCC(C)c1ccc(C(C)C)cc1/C=C(\C)c1c2ccccc2c(-c2ccccc2)c2ccccc12. The van der Waals surface area contributed by atoms with E-state index in [1.54, 1.807) is 0 Å². The van der Waals surface area contributed by atoms with E-state index in [1.807, 2.05) is 0 Å². The second kappa shape index (κ2) is 10.2. The summed E-state index contributed by atoms with van der Waals surface area (Å²) in [5, 5.41) is 5.24. The average molecular weight is 469 g/mol. The normalized spacial score (nSPS) is 13.0. The molecule has 0 aliphatic carbocycles. The van der Waals surface area contributed by atoms with E-state index < -0.39 is 0 Å². The van der Waals surface area contributed by atoms with Gasteiger partial charge in [-0.3, -0.25) is 0 Å². The first-order valence-electron chi connectivity index (χ1n) is 13.3. The first kappa shape index (κ1) is 24.1. The molecule has 0 N–H and O–H groups in total. The smallest absolute Gasteiger partial charge is 0.00264 e. The molecule has 5 aromatic rings. The van der Waals surface area contributed by atoms with Gasteiger partial charge in [0.15, 0.2) is 0 Å². The molecule has 0 nitrogen and oxygen atoms in total. The predicted molar refractivity (Wildman–Crippen MR) is 160 cm³/mol. The van der Waals surface area contributed by atoms with Crippen molar-refractivity contribution in [2.24, 2.45) is 0 Å². The van der Waals surface area contributed by atoms with Gasteiger partial charge >= 0.3 is 0 Å². The number of hydrogen-bond donors (Lipinski definition) is 0. The molecule has 0 aliphatic heterocycles. The van der Waals surface area contributed by atoms with E-state index >= 15 is 0 Å². The second-order valence-corrected chi connectivity index (χ2v) is 10.4. The molecule has 5 aromatic carbocycles. The Kier molecular flexibility index (Phi) is 6.79. The predicted octanol–water partition coefficient (Wildman–Crippen LogP) is 10.9. The van der Waals surface area contributed by atoms with Crippen LogP contribution in [0.2, 0.25) is 0 Å². The largest absolute Gasteiger partial charge is 0.0648 e. The Labute approximate surface area is 216 Å². The van der Waals surface area contributed by atoms with Gasteiger partial charge in [-0.2, -0.15) is 0 Å². The van der Waals surface area contributed by atoms with E-state index in [-0.39, 0.29) is 0 Å². The third-order valence-electron chi connectivity index (χ3n) is 7.68. The Morgan fingerprint density at radius 2 is 1.25 bits per heavy atom. The minimum atomic E-state index is 0.509. The molecule has 1 atom stereocenters. The Balaban J connectivity index is 1.82. The van der Waals surface area contributed by atoms with Crippen molar-refractivity contribution in [3.8, 4) is 11.1 Å². The molecule has 36 heavy (non-hydrogen) atoms. The van der Waals surface area contributed by atoms with Gasteiger partial charge in [0.05, 0.1) is 0 Å². The minimum Gasteiger partial charge on any atom is -0.0648 e. The van der Waals surface area contributed by atoms with Crippen LogP contribution in [-0.4, -0.2) is 0 Å². The van der Waals surface area contributed by atoms with Gasteiger partial charge in [0.1, 0.15) is 0 Å². The monoisotopic (exact) mass is 468 g/mol. The molecule has 0 bridgehead atoms. The molecule has 180 valence electrons. The van der Waals surface area contributed by atoms with Crippen molar-refractivity contribution in [1.82, 2.24) is 0 Å². The maximum atomic E-state index is 2.43. The van der Waals surface area contributed by atoms with E-state index in [9.17, 15) is 0 Å². The maximum Gasteiger partial charge on any atom is -0.00264 e. The standard InChI is InChI=1S/C36H36/c1-6-25(4)30-21-20-28(24(2)3)23-29(30)22-26(5)35-31-16-10-12-18-33(31)36(27-14-8-7-9-15-27)34-19-13-11-17-32(34)35/h7-25H,6H2,1-5H3/b26-22+. The van der Waals surface area contributed by atoms with Crippen LogP contribution in [0.4, 0.5) is 0 Å². The average Bonchev–Trinajstić information content (AvgIpc) is 2.91. The third kappa shape index (κ3) is 4.37. The maximum absolute atomic E-state index is 2.43. The number of allylic oxidation sites excluding steroid dienone is 1. The van der Waals surface area contributed by atoms with Crippen molar-refractivity contribution < 1.29 is 0 Å². The lowest BCUT2D eigenvalue weighted by molar-refractivity contribution is 0.730. The molecule has 0 saturated heterocycles. The van der Waals surface area contributed by atoms with E-state index in [2.05, 4.69) is 138 Å². The Morgan fingerprint density at radius 1 is 0.694 bits per heavy atom. The van der Waals surface area contributed by atoms with Gasteiger partial charge in [0.25, 0.3) is 0 Å². The van der Waals surface area contributed by atoms with Gasteiger partial charge in [0, 0.05) is 0 Å². The summed E-state index contributed by atoms with van der Waals surface area (Å²) in [7, 11) is 0. The number of benzene rings is 5. The summed E-state index contributed by atoms with van der Waals surface area (Å²) in [6.07, 6.45) is 3.57. The molecule has 0 fully saturated rings. The summed E-state index contributed by atoms with van der Waals surface area (Å²) in [6.45, 7) is 11.5. The first-order valence-corrected chi connectivity index (χ1v) is 13.3. The number of hydrogen-bond acceptors (Lipinski definition) is 0. The topological polar surface area (TPSA) is 0 Å². The van der Waals surface area contributed by atoms with Crippen molar-refractivity contribution in [3.63, 3.8) is 0 Å². The fourth-order valence-corrected chi connectivity index (χ4v) is 5.52. The fraction of sp³-hybridized carbons (Fsp3) is 0.222. The lowest BCUT2D eigenvalue weighted by Crippen LogP contribution is -1.99. The summed E-state index contributed by atoms with van der Waals surface area (Å²) in [5.41, 5.74) is 9.43. The zero-order valence-electron chi connectivity index (χ0n) is 22.2. The van der Waals surface area contributed by atoms with Crippen molar-refractivity contribution in [3.05, 3.63) is 119 Å². The quantitative estimate of drug-likeness (QED) is 0.172. The summed E-state index contributed by atoms with van der Waals surface area (Å²) in [4.78, 5) is 0. The zero-order chi connectivity index (χ0) is 25.2. The Hall–Kier alpha value is -3.64. The first-order chi connectivity index (χ1) is 17.5. The van der Waals surface area contributed by atoms with Crippen LogP contribution in [0.1, 0.15) is 75.1 Å². The lowest BCUT2D eigenvalue weighted by Gasteiger charge is -2.19. The lowest BCUT2D eigenvalue weighted by atomic mass is 9.84. The molecule has 0 amide bonds. The van der Waals surface area contributed by atoms with Crippen LogP contribution in [-0.2, 0) is 0 Å². The molecule has 0 spiro atoms. The minimum absolute atomic E-state index is 0.509. The molecule has 0 heteroatoms. The molecule has 0 aliphatic rings. The Bertz CT molecular complexity index is 1490. The van der Waals surface area contributed by atoms with Crippen LogP contribution in [0.15, 0.2) is 97.1 Å². The van der Waals surface area contributed by atoms with E-state index in [0.29, 0.717) is 11.8 Å². The fourth-order valence-electron chi connectivity index (χ4n) is 5.52. The molecule has 5 rings (SSSR count). The molecule has 0 heterocycles. The van der Waals surface area contributed by atoms with Crippen LogP contribution in [0, 0.1) is 0 Å². The van der Waals surface area contributed by atoms with Crippen molar-refractivity contribution in [2.45, 2.75) is 52.9 Å². The van der Waals surface area contributed by atoms with E-state index in [0.717, 1.165) is 6.42 Å². The molecule has 0 aromatic heterocycles. The van der Waals surface area contributed by atoms with Crippen LogP contribution >= 0.6 is 0 Å². The molecule has 1 unspecified atom stereocenters. The highest BCUT2D eigenvalue weighted by Gasteiger charge is 2.17. The van der Waals surface area contributed by atoms with Gasteiger partial charge in [-0.1, -0.05) is 131 Å². The van der Waals surface area contributed by atoms with E-state index in [1.165, 1.54) is 60.5 Å². The van der Waals surface area contributed by atoms with Crippen LogP contribution in [0.5, 0.6) is 0 Å². The van der Waals surface area contributed by atoms with Crippen LogP contribution in [0.3, 0.4) is 0 Å². The highest BCUT2D eigenvalue weighted by Crippen LogP contribution is 2.42. The number of fused-ring (bicyclic) bond motifs is 2. The highest BCUT2D eigenvalue weighted by atomic mass is 14.2. The summed E-state index contributed by atoms with van der Waals surface area (Å²) in [5.74, 6) is 1.04. The molecular formula is C36H36. The van der Waals surface area contributed by atoms with Crippen molar-refractivity contribution >= 4 is 33.2 Å². The van der Waals surface area contributed by atoms with Gasteiger partial charge in [-0.05, 0) is 85.7 Å². The summed E-state index contributed by atoms with van der Waals surface area (Å²) in [6, 6.07) is 35.7. The van der Waals surface area contributed by atoms with Crippen LogP contribution in [0.25, 0.3) is 44.3 Å². The van der Waals surface area contributed by atoms with E-state index in [4.69, 9.17) is 0 Å². The van der Waals surface area contributed by atoms with Gasteiger partial charge in [0.2, 0.25) is 0 Å². The van der Waals surface area contributed by atoms with Crippen molar-refractivity contribution in [2.75, 3.05) is 0 Å². The summed E-state index contributed by atoms with van der Waals surface area (Å²) >= 11 is 0. The van der Waals surface area contributed by atoms with Crippen molar-refractivity contribution in [1.29, 1.82) is 0 Å². The van der Waals surface area contributed by atoms with Gasteiger partial charge < -0.3 is 0 Å².